The first-order chi connectivity index (χ1) is 30.3. The van der Waals surface area contributed by atoms with Gasteiger partial charge in [-0.3, -0.25) is 0 Å². The molecule has 0 aromatic rings. The van der Waals surface area contributed by atoms with E-state index in [4.69, 9.17) is 33.2 Å². The van der Waals surface area contributed by atoms with Crippen LogP contribution in [0.1, 0.15) is 127 Å². The number of aliphatic hydroxyl groups excluding tert-OH is 9. The average molecular weight is 931 g/mol. The Morgan fingerprint density at radius 2 is 1.14 bits per heavy atom. The zero-order valence-corrected chi connectivity index (χ0v) is 39.9. The Labute approximate surface area is 384 Å². The molecule has 376 valence electrons. The van der Waals surface area contributed by atoms with Crippen molar-refractivity contribution in [3.05, 3.63) is 0 Å². The highest BCUT2D eigenvalue weighted by molar-refractivity contribution is 5.19. The molecule has 8 aliphatic rings. The van der Waals surface area contributed by atoms with E-state index in [-0.39, 0.29) is 34.4 Å². The van der Waals surface area contributed by atoms with Crippen LogP contribution >= 0.6 is 0 Å². The predicted molar refractivity (Wildman–Crippen MR) is 230 cm³/mol. The highest BCUT2D eigenvalue weighted by atomic mass is 16.8. The standard InChI is InChI=1S/C48H82O17/c1-22-31(51)34(54)36(56)40(59-22)63-38-33(53)26(20-49)61-42(39(38)64-41-37(57)35(55)32(52)23(2)60-41)62-29-14-16-44(5)27(43(29,3)4)13-18-46(7)28(44)11-10-24-25(12-17-45(24,46)6)48(9)19-15-30(65-48)47(8,58)21-50/h22-42,49-58H,10-21H2,1-9H3/t22-,23?,24+,25-,26+,27-,28+,29-,30+,31-,32?,33+,34+,35+,36+,37+,38-,39+,40-,41?,42-,44-,45+,46+,47+,48-/m0/s1. The van der Waals surface area contributed by atoms with Crippen LogP contribution in [0.2, 0.25) is 0 Å². The van der Waals surface area contributed by atoms with Gasteiger partial charge in [0, 0.05) is 0 Å². The van der Waals surface area contributed by atoms with Gasteiger partial charge >= 0.3 is 0 Å². The maximum Gasteiger partial charge on any atom is 0.187 e. The lowest BCUT2D eigenvalue weighted by Gasteiger charge is -2.70. The summed E-state index contributed by atoms with van der Waals surface area (Å²) in [6, 6.07) is 0. The highest BCUT2D eigenvalue weighted by Gasteiger charge is 2.70. The van der Waals surface area contributed by atoms with Gasteiger partial charge in [0.2, 0.25) is 0 Å². The monoisotopic (exact) mass is 931 g/mol. The molecule has 65 heavy (non-hydrogen) atoms. The molecule has 4 aliphatic carbocycles. The van der Waals surface area contributed by atoms with Crippen LogP contribution in [0.4, 0.5) is 0 Å². The van der Waals surface area contributed by atoms with Crippen LogP contribution in [-0.4, -0.2) is 180 Å². The minimum absolute atomic E-state index is 0.0381. The molecule has 0 amide bonds. The molecule has 4 saturated carbocycles. The molecule has 0 bridgehead atoms. The van der Waals surface area contributed by atoms with Gasteiger partial charge in [0.1, 0.15) is 66.6 Å². The van der Waals surface area contributed by atoms with E-state index in [1.165, 1.54) is 13.8 Å². The van der Waals surface area contributed by atoms with E-state index in [2.05, 4.69) is 41.5 Å². The Balaban J connectivity index is 1.04. The fourth-order valence-corrected chi connectivity index (χ4v) is 15.5. The second kappa shape index (κ2) is 17.9. The van der Waals surface area contributed by atoms with E-state index in [1.807, 2.05) is 0 Å². The van der Waals surface area contributed by atoms with Gasteiger partial charge in [-0.05, 0) is 137 Å². The molecule has 8 fully saturated rings. The summed E-state index contributed by atoms with van der Waals surface area (Å²) in [5.41, 5.74) is -1.96. The van der Waals surface area contributed by atoms with Crippen molar-refractivity contribution in [2.45, 2.75) is 242 Å². The SMILES string of the molecule is CC1OC(O[C@H]2[C@H](O[C@H]3CC[C@]4(C)[C@H]5CC[C@@H]6[C@@H]([C@]7(C)CC[C@H]([C@](C)(O)CO)O7)CC[C@@]6(C)[C@]5(C)CC[C@H]4C3(C)C)O[C@H](CO)[C@@H](O)[C@@H]2O[C@@H]2O[C@@H](C)[C@H](O)[C@@H](O)[C@H]2O)[C@H](O)[C@H](O)C1O. The van der Waals surface area contributed by atoms with Gasteiger partial charge in [-0.15, -0.1) is 0 Å². The molecule has 0 aromatic heterocycles. The first kappa shape index (κ1) is 50.7. The van der Waals surface area contributed by atoms with Crippen LogP contribution in [0.5, 0.6) is 0 Å². The van der Waals surface area contributed by atoms with Gasteiger partial charge in [0.05, 0.1) is 43.2 Å². The van der Waals surface area contributed by atoms with Crippen molar-refractivity contribution in [3.8, 4) is 0 Å². The molecule has 4 aliphatic heterocycles. The quantitative estimate of drug-likeness (QED) is 0.138. The third kappa shape index (κ3) is 8.11. The lowest BCUT2D eigenvalue weighted by Crippen LogP contribution is -2.68. The molecule has 0 radical (unpaired) electrons. The number of hydrogen-bond acceptors (Lipinski definition) is 17. The lowest BCUT2D eigenvalue weighted by molar-refractivity contribution is -0.397. The van der Waals surface area contributed by atoms with Crippen LogP contribution in [0.15, 0.2) is 0 Å². The van der Waals surface area contributed by atoms with Crippen LogP contribution in [0.25, 0.3) is 0 Å². The molecule has 10 N–H and O–H groups in total. The number of fused-ring (bicyclic) bond motifs is 5. The largest absolute Gasteiger partial charge is 0.394 e. The van der Waals surface area contributed by atoms with E-state index in [0.29, 0.717) is 24.2 Å². The third-order valence-corrected chi connectivity index (χ3v) is 19.7. The molecule has 0 spiro atoms. The Morgan fingerprint density at radius 1 is 0.554 bits per heavy atom. The van der Waals surface area contributed by atoms with Crippen molar-refractivity contribution < 1.29 is 84.2 Å². The second-order valence-electron chi connectivity index (χ2n) is 23.6. The van der Waals surface area contributed by atoms with E-state index >= 15 is 0 Å². The lowest BCUT2D eigenvalue weighted by atomic mass is 9.35. The van der Waals surface area contributed by atoms with Crippen molar-refractivity contribution in [2.24, 2.45) is 45.3 Å². The number of ether oxygens (including phenoxy) is 7. The molecule has 8 rings (SSSR count). The van der Waals surface area contributed by atoms with Crippen molar-refractivity contribution in [3.63, 3.8) is 0 Å². The smallest absolute Gasteiger partial charge is 0.187 e. The molecule has 4 saturated heterocycles. The van der Waals surface area contributed by atoms with Gasteiger partial charge < -0.3 is 84.2 Å². The van der Waals surface area contributed by atoms with Crippen molar-refractivity contribution in [1.29, 1.82) is 0 Å². The van der Waals surface area contributed by atoms with E-state index < -0.39 is 122 Å². The van der Waals surface area contributed by atoms with Crippen molar-refractivity contribution in [1.82, 2.24) is 0 Å². The van der Waals surface area contributed by atoms with Gasteiger partial charge in [-0.2, -0.15) is 0 Å². The number of rotatable bonds is 10. The van der Waals surface area contributed by atoms with Crippen LogP contribution in [0.3, 0.4) is 0 Å². The molecule has 26 atom stereocenters. The Bertz CT molecular complexity index is 1670. The molecule has 3 unspecified atom stereocenters. The van der Waals surface area contributed by atoms with Crippen LogP contribution in [-0.2, 0) is 33.2 Å². The maximum atomic E-state index is 11.7. The first-order valence-electron chi connectivity index (χ1n) is 24.6. The van der Waals surface area contributed by atoms with Crippen LogP contribution < -0.4 is 0 Å². The second-order valence-corrected chi connectivity index (χ2v) is 23.6. The topological polar surface area (TPSA) is 267 Å². The van der Waals surface area contributed by atoms with Crippen molar-refractivity contribution in [2.75, 3.05) is 13.2 Å². The fraction of sp³-hybridized carbons (Fsp3) is 1.00. The zero-order chi connectivity index (χ0) is 47.6. The van der Waals surface area contributed by atoms with E-state index in [1.54, 1.807) is 6.92 Å². The summed E-state index contributed by atoms with van der Waals surface area (Å²) in [4.78, 5) is 0. The summed E-state index contributed by atoms with van der Waals surface area (Å²) < 4.78 is 44.3. The minimum atomic E-state index is -1.75. The summed E-state index contributed by atoms with van der Waals surface area (Å²) in [7, 11) is 0. The third-order valence-electron chi connectivity index (χ3n) is 19.7. The van der Waals surface area contributed by atoms with E-state index in [0.717, 1.165) is 57.8 Å². The van der Waals surface area contributed by atoms with Gasteiger partial charge in [-0.1, -0.05) is 34.6 Å². The minimum Gasteiger partial charge on any atom is -0.394 e. The first-order valence-corrected chi connectivity index (χ1v) is 24.6. The molecule has 17 heteroatoms. The van der Waals surface area contributed by atoms with Gasteiger partial charge in [0.25, 0.3) is 0 Å². The molecule has 0 aromatic carbocycles. The zero-order valence-electron chi connectivity index (χ0n) is 39.9. The number of hydrogen-bond donors (Lipinski definition) is 10. The summed E-state index contributed by atoms with van der Waals surface area (Å²) in [6.45, 7) is 17.9. The Kier molecular flexibility index (Phi) is 13.9. The van der Waals surface area contributed by atoms with Gasteiger partial charge in [-0.25, -0.2) is 0 Å². The normalized spacial score (nSPS) is 56.6. The Morgan fingerprint density at radius 3 is 1.72 bits per heavy atom. The average Bonchev–Trinajstić information content (AvgIpc) is 3.85. The Hall–Kier alpha value is -0.680. The molecular formula is C48H82O17. The van der Waals surface area contributed by atoms with Crippen LogP contribution in [0, 0.1) is 45.3 Å². The molecule has 4 heterocycles. The number of aliphatic hydroxyl groups is 10. The highest BCUT2D eigenvalue weighted by Crippen LogP contribution is 2.76. The molecule has 17 nitrogen and oxygen atoms in total. The maximum absolute atomic E-state index is 11.7. The predicted octanol–water partition coefficient (Wildman–Crippen LogP) is 1.24. The fourth-order valence-electron chi connectivity index (χ4n) is 15.5. The van der Waals surface area contributed by atoms with Crippen molar-refractivity contribution >= 4 is 0 Å². The van der Waals surface area contributed by atoms with Gasteiger partial charge in [0.15, 0.2) is 18.9 Å². The summed E-state index contributed by atoms with van der Waals surface area (Å²) in [5.74, 6) is 1.51. The summed E-state index contributed by atoms with van der Waals surface area (Å²) in [6.07, 6.45) is -13.3. The van der Waals surface area contributed by atoms with E-state index in [9.17, 15) is 51.1 Å². The molecular weight excluding hydrogens is 849 g/mol. The summed E-state index contributed by atoms with van der Waals surface area (Å²) in [5, 5.41) is 107. The summed E-state index contributed by atoms with van der Waals surface area (Å²) >= 11 is 0.